The van der Waals surface area contributed by atoms with Crippen LogP contribution in [-0.2, 0) is 0 Å². The number of hydrogen-bond acceptors (Lipinski definition) is 2. The first kappa shape index (κ1) is 14.2. The number of rotatable bonds is 2. The first-order chi connectivity index (χ1) is 10.0. The molecule has 2 atom stereocenters. The zero-order valence-corrected chi connectivity index (χ0v) is 12.9. The van der Waals surface area contributed by atoms with Crippen LogP contribution in [0, 0.1) is 13.8 Å². The lowest BCUT2D eigenvalue weighted by Gasteiger charge is -2.28. The van der Waals surface area contributed by atoms with Crippen molar-refractivity contribution >= 4 is 23.4 Å². The molecule has 0 spiro atoms. The van der Waals surface area contributed by atoms with Crippen LogP contribution in [0.1, 0.15) is 28.4 Å². The number of hydrogen-bond donors (Lipinski definition) is 2. The Bertz CT molecular complexity index is 691. The minimum atomic E-state index is -0.556. The first-order valence-electron chi connectivity index (χ1n) is 7.04. The van der Waals surface area contributed by atoms with E-state index < -0.39 is 6.10 Å². The van der Waals surface area contributed by atoms with Gasteiger partial charge in [0.15, 0.2) is 0 Å². The van der Waals surface area contributed by atoms with Crippen molar-refractivity contribution in [1.29, 1.82) is 0 Å². The Morgan fingerprint density at radius 2 is 1.71 bits per heavy atom. The van der Waals surface area contributed by atoms with Gasteiger partial charge in [0, 0.05) is 10.7 Å². The van der Waals surface area contributed by atoms with Gasteiger partial charge in [-0.15, -0.1) is 0 Å². The molecule has 2 nitrogen and oxygen atoms in total. The van der Waals surface area contributed by atoms with Gasteiger partial charge < -0.3 is 10.4 Å². The van der Waals surface area contributed by atoms with Crippen LogP contribution in [-0.4, -0.2) is 11.1 Å². The monoisotopic (exact) mass is 299 g/mol. The highest BCUT2D eigenvalue weighted by Gasteiger charge is 2.24. The zero-order chi connectivity index (χ0) is 15.0. The molecule has 0 saturated carbocycles. The minimum Gasteiger partial charge on any atom is -0.386 e. The van der Waals surface area contributed by atoms with E-state index in [0.29, 0.717) is 5.02 Å². The molecule has 0 unspecified atom stereocenters. The van der Waals surface area contributed by atoms with E-state index >= 15 is 0 Å². The predicted octanol–water partition coefficient (Wildman–Crippen LogP) is 4.50. The molecular formula is C18H18ClNO. The van der Waals surface area contributed by atoms with Crippen molar-refractivity contribution < 1.29 is 5.11 Å². The van der Waals surface area contributed by atoms with Gasteiger partial charge in [-0.25, -0.2) is 0 Å². The Balaban J connectivity index is 1.87. The van der Waals surface area contributed by atoms with Gasteiger partial charge in [0.25, 0.3) is 0 Å². The molecule has 2 aromatic carbocycles. The third-order valence-electron chi connectivity index (χ3n) is 4.02. The molecule has 0 fully saturated rings. The number of halogens is 1. The SMILES string of the molecule is Cc1cc2c(cc1C)[C@@H](O)[C@H](Nc1ccc(Cl)cc1)C=C2. The van der Waals surface area contributed by atoms with Crippen molar-refractivity contribution in [2.45, 2.75) is 26.0 Å². The molecule has 2 N–H and O–H groups in total. The second-order valence-electron chi connectivity index (χ2n) is 5.55. The molecule has 2 aromatic rings. The van der Waals surface area contributed by atoms with Crippen LogP contribution < -0.4 is 5.32 Å². The van der Waals surface area contributed by atoms with E-state index in [1.165, 1.54) is 11.1 Å². The lowest BCUT2D eigenvalue weighted by atomic mass is 9.88. The summed E-state index contributed by atoms with van der Waals surface area (Å²) in [7, 11) is 0. The van der Waals surface area contributed by atoms with Gasteiger partial charge in [-0.2, -0.15) is 0 Å². The van der Waals surface area contributed by atoms with Crippen LogP contribution in [0.4, 0.5) is 5.69 Å². The summed E-state index contributed by atoms with van der Waals surface area (Å²) >= 11 is 5.89. The molecule has 0 amide bonds. The summed E-state index contributed by atoms with van der Waals surface area (Å²) in [5.74, 6) is 0. The van der Waals surface area contributed by atoms with Crippen LogP contribution in [0.25, 0.3) is 6.08 Å². The Hall–Kier alpha value is -1.77. The quantitative estimate of drug-likeness (QED) is 0.856. The first-order valence-corrected chi connectivity index (χ1v) is 7.42. The molecule has 0 aliphatic heterocycles. The Kier molecular flexibility index (Phi) is 3.75. The van der Waals surface area contributed by atoms with Gasteiger partial charge in [-0.05, 0) is 60.4 Å². The van der Waals surface area contributed by atoms with Gasteiger partial charge in [0.2, 0.25) is 0 Å². The molecule has 0 saturated heterocycles. The van der Waals surface area contributed by atoms with Crippen molar-refractivity contribution in [1.82, 2.24) is 0 Å². The fourth-order valence-corrected chi connectivity index (χ4v) is 2.76. The summed E-state index contributed by atoms with van der Waals surface area (Å²) in [5.41, 5.74) is 5.47. The van der Waals surface area contributed by atoms with Crippen molar-refractivity contribution in [3.63, 3.8) is 0 Å². The van der Waals surface area contributed by atoms with Crippen LogP contribution in [0.2, 0.25) is 5.02 Å². The average Bonchev–Trinajstić information content (AvgIpc) is 2.47. The molecule has 0 bridgehead atoms. The summed E-state index contributed by atoms with van der Waals surface area (Å²) in [6.07, 6.45) is 3.53. The molecule has 108 valence electrons. The fraction of sp³-hybridized carbons (Fsp3) is 0.222. The summed E-state index contributed by atoms with van der Waals surface area (Å²) < 4.78 is 0. The van der Waals surface area contributed by atoms with E-state index in [1.807, 2.05) is 30.3 Å². The standard InChI is InChI=1S/C18H18ClNO/c1-11-9-13-3-8-17(18(21)16(13)10-12(11)2)20-15-6-4-14(19)5-7-15/h3-10,17-18,20-21H,1-2H3/t17-,18-/m1/s1. The van der Waals surface area contributed by atoms with E-state index in [1.54, 1.807) is 0 Å². The van der Waals surface area contributed by atoms with Crippen LogP contribution in [0.3, 0.4) is 0 Å². The van der Waals surface area contributed by atoms with Gasteiger partial charge in [-0.3, -0.25) is 0 Å². The summed E-state index contributed by atoms with van der Waals surface area (Å²) in [6.45, 7) is 4.16. The number of anilines is 1. The number of nitrogens with one attached hydrogen (secondary N) is 1. The van der Waals surface area contributed by atoms with Gasteiger partial charge in [0.1, 0.15) is 6.10 Å². The second-order valence-corrected chi connectivity index (χ2v) is 5.98. The fourth-order valence-electron chi connectivity index (χ4n) is 2.63. The van der Waals surface area contributed by atoms with Gasteiger partial charge in [-0.1, -0.05) is 35.9 Å². The van der Waals surface area contributed by atoms with E-state index in [0.717, 1.165) is 16.8 Å². The van der Waals surface area contributed by atoms with Crippen LogP contribution in [0.5, 0.6) is 0 Å². The smallest absolute Gasteiger partial charge is 0.103 e. The lowest BCUT2D eigenvalue weighted by Crippen LogP contribution is -2.28. The molecular weight excluding hydrogens is 282 g/mol. The maximum absolute atomic E-state index is 10.6. The topological polar surface area (TPSA) is 32.3 Å². The lowest BCUT2D eigenvalue weighted by molar-refractivity contribution is 0.168. The van der Waals surface area contributed by atoms with Crippen molar-refractivity contribution in [3.8, 4) is 0 Å². The van der Waals surface area contributed by atoms with E-state index in [-0.39, 0.29) is 6.04 Å². The number of benzene rings is 2. The minimum absolute atomic E-state index is 0.138. The molecule has 1 aliphatic carbocycles. The Morgan fingerprint density at radius 1 is 1.05 bits per heavy atom. The highest BCUT2D eigenvalue weighted by molar-refractivity contribution is 6.30. The predicted molar refractivity (Wildman–Crippen MR) is 88.8 cm³/mol. The van der Waals surface area contributed by atoms with Crippen molar-refractivity contribution in [2.24, 2.45) is 0 Å². The molecule has 1 aliphatic rings. The Labute approximate surface area is 130 Å². The van der Waals surface area contributed by atoms with E-state index in [4.69, 9.17) is 11.6 Å². The molecule has 3 heteroatoms. The van der Waals surface area contributed by atoms with E-state index in [2.05, 4.69) is 37.4 Å². The third-order valence-corrected chi connectivity index (χ3v) is 4.27. The second kappa shape index (κ2) is 5.55. The van der Waals surface area contributed by atoms with Crippen molar-refractivity contribution in [3.05, 3.63) is 69.8 Å². The zero-order valence-electron chi connectivity index (χ0n) is 12.1. The van der Waals surface area contributed by atoms with Crippen LogP contribution >= 0.6 is 11.6 Å². The largest absolute Gasteiger partial charge is 0.386 e. The normalized spacial score (nSPS) is 20.2. The number of aliphatic hydroxyl groups is 1. The van der Waals surface area contributed by atoms with E-state index in [9.17, 15) is 5.11 Å². The Morgan fingerprint density at radius 3 is 2.43 bits per heavy atom. The third kappa shape index (κ3) is 2.82. The number of fused-ring (bicyclic) bond motifs is 1. The molecule has 21 heavy (non-hydrogen) atoms. The maximum atomic E-state index is 10.6. The number of aliphatic hydroxyl groups excluding tert-OH is 1. The summed E-state index contributed by atoms with van der Waals surface area (Å²) in [4.78, 5) is 0. The van der Waals surface area contributed by atoms with Crippen LogP contribution in [0.15, 0.2) is 42.5 Å². The van der Waals surface area contributed by atoms with Crippen molar-refractivity contribution in [2.75, 3.05) is 5.32 Å². The van der Waals surface area contributed by atoms with Gasteiger partial charge in [0.05, 0.1) is 6.04 Å². The highest BCUT2D eigenvalue weighted by Crippen LogP contribution is 2.32. The summed E-state index contributed by atoms with van der Waals surface area (Å²) in [6, 6.07) is 11.6. The number of aryl methyl sites for hydroxylation is 2. The highest BCUT2D eigenvalue weighted by atomic mass is 35.5. The maximum Gasteiger partial charge on any atom is 0.103 e. The molecule has 0 radical (unpaired) electrons. The molecule has 3 rings (SSSR count). The average molecular weight is 300 g/mol. The summed E-state index contributed by atoms with van der Waals surface area (Å²) in [5, 5.41) is 14.7. The molecule has 0 heterocycles. The van der Waals surface area contributed by atoms with Gasteiger partial charge >= 0.3 is 0 Å². The molecule has 0 aromatic heterocycles.